The van der Waals surface area contributed by atoms with Gasteiger partial charge in [0.15, 0.2) is 0 Å². The van der Waals surface area contributed by atoms with E-state index in [-0.39, 0.29) is 0 Å². The maximum absolute atomic E-state index is 6.32. The third-order valence-corrected chi connectivity index (χ3v) is 3.91. The molecule has 0 aromatic carbocycles. The van der Waals surface area contributed by atoms with E-state index >= 15 is 0 Å². The predicted octanol–water partition coefficient (Wildman–Crippen LogP) is 3.22. The van der Waals surface area contributed by atoms with Crippen molar-refractivity contribution < 1.29 is 0 Å². The number of pyridine rings is 1. The summed E-state index contributed by atoms with van der Waals surface area (Å²) in [5.41, 5.74) is 1.16. The first-order chi connectivity index (χ1) is 8.61. The molecule has 3 nitrogen and oxygen atoms in total. The van der Waals surface area contributed by atoms with Crippen LogP contribution in [0.5, 0.6) is 0 Å². The highest BCUT2D eigenvalue weighted by molar-refractivity contribution is 6.33. The second-order valence-corrected chi connectivity index (χ2v) is 5.58. The van der Waals surface area contributed by atoms with E-state index in [0.717, 1.165) is 29.4 Å². The summed E-state index contributed by atoms with van der Waals surface area (Å²) in [6.45, 7) is 5.22. The van der Waals surface area contributed by atoms with E-state index in [1.807, 2.05) is 19.3 Å². The van der Waals surface area contributed by atoms with Gasteiger partial charge in [0.1, 0.15) is 5.82 Å². The summed E-state index contributed by atoms with van der Waals surface area (Å²) < 4.78 is 0. The Balaban J connectivity index is 2.03. The van der Waals surface area contributed by atoms with Gasteiger partial charge in [-0.05, 0) is 37.8 Å². The zero-order chi connectivity index (χ0) is 13.1. The molecule has 1 aromatic rings. The first-order valence-corrected chi connectivity index (χ1v) is 7.10. The zero-order valence-corrected chi connectivity index (χ0v) is 12.2. The van der Waals surface area contributed by atoms with Gasteiger partial charge >= 0.3 is 0 Å². The number of rotatable bonds is 6. The minimum Gasteiger partial charge on any atom is -0.356 e. The lowest BCUT2D eigenvalue weighted by atomic mass is 10.2. The molecule has 1 saturated carbocycles. The Bertz CT molecular complexity index is 404. The van der Waals surface area contributed by atoms with Crippen LogP contribution in [0.1, 0.15) is 38.7 Å². The monoisotopic (exact) mass is 267 g/mol. The van der Waals surface area contributed by atoms with Gasteiger partial charge in [-0.25, -0.2) is 4.98 Å². The van der Waals surface area contributed by atoms with Crippen molar-refractivity contribution in [2.75, 3.05) is 11.9 Å². The quantitative estimate of drug-likeness (QED) is 0.858. The van der Waals surface area contributed by atoms with Crippen LogP contribution in [0.3, 0.4) is 0 Å². The van der Waals surface area contributed by atoms with Crippen molar-refractivity contribution in [3.8, 4) is 0 Å². The topological polar surface area (TPSA) is 28.2 Å². The van der Waals surface area contributed by atoms with Gasteiger partial charge in [0.05, 0.1) is 5.02 Å². The van der Waals surface area contributed by atoms with Crippen LogP contribution >= 0.6 is 11.6 Å². The van der Waals surface area contributed by atoms with Gasteiger partial charge < -0.3 is 10.2 Å². The number of nitrogens with zero attached hydrogens (tertiary/aromatic N) is 2. The Morgan fingerprint density at radius 2 is 2.28 bits per heavy atom. The molecule has 100 valence electrons. The Labute approximate surface area is 115 Å². The van der Waals surface area contributed by atoms with E-state index in [9.17, 15) is 0 Å². The second-order valence-electron chi connectivity index (χ2n) is 5.17. The molecule has 1 unspecified atom stereocenters. The molecule has 1 aliphatic rings. The van der Waals surface area contributed by atoms with Crippen LogP contribution in [-0.4, -0.2) is 24.1 Å². The molecule has 0 radical (unpaired) electrons. The molecular formula is C14H22ClN3. The number of aromatic nitrogens is 1. The van der Waals surface area contributed by atoms with Gasteiger partial charge in [0.2, 0.25) is 0 Å². The van der Waals surface area contributed by atoms with Crippen LogP contribution in [0, 0.1) is 0 Å². The molecule has 1 fully saturated rings. The van der Waals surface area contributed by atoms with Gasteiger partial charge in [0, 0.05) is 31.9 Å². The Morgan fingerprint density at radius 1 is 1.56 bits per heavy atom. The SMILES string of the molecule is CCC(C)N(C)c1ncc(CNC2CC2)cc1Cl. The number of hydrogen-bond donors (Lipinski definition) is 1. The summed E-state index contributed by atoms with van der Waals surface area (Å²) in [6.07, 6.45) is 5.61. The molecule has 4 heteroatoms. The van der Waals surface area contributed by atoms with Crippen LogP contribution in [0.2, 0.25) is 5.02 Å². The van der Waals surface area contributed by atoms with Crippen molar-refractivity contribution >= 4 is 17.4 Å². The van der Waals surface area contributed by atoms with Crippen molar-refractivity contribution in [3.63, 3.8) is 0 Å². The fraction of sp³-hybridized carbons (Fsp3) is 0.643. The minimum atomic E-state index is 0.449. The molecule has 1 heterocycles. The lowest BCUT2D eigenvalue weighted by Crippen LogP contribution is -2.29. The average Bonchev–Trinajstić information content (AvgIpc) is 3.18. The largest absolute Gasteiger partial charge is 0.356 e. The molecule has 0 saturated heterocycles. The minimum absolute atomic E-state index is 0.449. The van der Waals surface area contributed by atoms with Crippen molar-refractivity contribution in [2.24, 2.45) is 0 Å². The molecule has 1 aliphatic carbocycles. The van der Waals surface area contributed by atoms with E-state index in [2.05, 4.69) is 29.0 Å². The zero-order valence-electron chi connectivity index (χ0n) is 11.4. The summed E-state index contributed by atoms with van der Waals surface area (Å²) in [4.78, 5) is 6.64. The van der Waals surface area contributed by atoms with Gasteiger partial charge in [-0.15, -0.1) is 0 Å². The molecule has 1 atom stereocenters. The first kappa shape index (κ1) is 13.6. The normalized spacial score (nSPS) is 16.7. The van der Waals surface area contributed by atoms with E-state index < -0.39 is 0 Å². The molecule has 0 bridgehead atoms. The molecule has 1 N–H and O–H groups in total. The Morgan fingerprint density at radius 3 is 2.83 bits per heavy atom. The van der Waals surface area contributed by atoms with Crippen LogP contribution in [-0.2, 0) is 6.54 Å². The molecular weight excluding hydrogens is 246 g/mol. The fourth-order valence-corrected chi connectivity index (χ4v) is 2.18. The molecule has 0 amide bonds. The molecule has 2 rings (SSSR count). The number of anilines is 1. The summed E-state index contributed by atoms with van der Waals surface area (Å²) in [5.74, 6) is 0.876. The van der Waals surface area contributed by atoms with Crippen molar-refractivity contribution in [3.05, 3.63) is 22.8 Å². The smallest absolute Gasteiger partial charge is 0.147 e. The highest BCUT2D eigenvalue weighted by atomic mass is 35.5. The molecule has 0 spiro atoms. The summed E-state index contributed by atoms with van der Waals surface area (Å²) in [6, 6.07) is 3.19. The molecule has 1 aromatic heterocycles. The molecule has 0 aliphatic heterocycles. The van der Waals surface area contributed by atoms with Crippen LogP contribution in [0.4, 0.5) is 5.82 Å². The maximum Gasteiger partial charge on any atom is 0.147 e. The van der Waals surface area contributed by atoms with Gasteiger partial charge in [0.25, 0.3) is 0 Å². The first-order valence-electron chi connectivity index (χ1n) is 6.72. The number of hydrogen-bond acceptors (Lipinski definition) is 3. The lowest BCUT2D eigenvalue weighted by molar-refractivity contribution is 0.655. The summed E-state index contributed by atoms with van der Waals surface area (Å²) in [7, 11) is 2.05. The summed E-state index contributed by atoms with van der Waals surface area (Å²) in [5, 5.41) is 4.21. The van der Waals surface area contributed by atoms with Crippen LogP contribution in [0.15, 0.2) is 12.3 Å². The van der Waals surface area contributed by atoms with Crippen molar-refractivity contribution in [1.82, 2.24) is 10.3 Å². The lowest BCUT2D eigenvalue weighted by Gasteiger charge is -2.25. The standard InChI is InChI=1S/C14H22ClN3/c1-4-10(2)18(3)14-13(15)7-11(9-17-14)8-16-12-5-6-12/h7,9-10,12,16H,4-6,8H2,1-3H3. The Kier molecular flexibility index (Phi) is 4.46. The third-order valence-electron chi connectivity index (χ3n) is 3.64. The number of nitrogens with one attached hydrogen (secondary N) is 1. The third kappa shape index (κ3) is 3.36. The van der Waals surface area contributed by atoms with Crippen molar-refractivity contribution in [1.29, 1.82) is 0 Å². The van der Waals surface area contributed by atoms with Gasteiger partial charge in [-0.3, -0.25) is 0 Å². The fourth-order valence-electron chi connectivity index (χ4n) is 1.86. The Hall–Kier alpha value is -0.800. The van der Waals surface area contributed by atoms with Crippen molar-refractivity contribution in [2.45, 2.75) is 51.7 Å². The number of halogens is 1. The highest BCUT2D eigenvalue weighted by Gasteiger charge is 2.20. The highest BCUT2D eigenvalue weighted by Crippen LogP contribution is 2.26. The predicted molar refractivity (Wildman–Crippen MR) is 77.3 cm³/mol. The van der Waals surface area contributed by atoms with Crippen LogP contribution in [0.25, 0.3) is 0 Å². The van der Waals surface area contributed by atoms with E-state index in [1.165, 1.54) is 12.8 Å². The summed E-state index contributed by atoms with van der Waals surface area (Å²) >= 11 is 6.32. The second kappa shape index (κ2) is 5.89. The van der Waals surface area contributed by atoms with E-state index in [1.54, 1.807) is 0 Å². The van der Waals surface area contributed by atoms with E-state index in [4.69, 9.17) is 11.6 Å². The maximum atomic E-state index is 6.32. The van der Waals surface area contributed by atoms with Gasteiger partial charge in [-0.1, -0.05) is 18.5 Å². The average molecular weight is 268 g/mol. The van der Waals surface area contributed by atoms with E-state index in [0.29, 0.717) is 12.1 Å². The van der Waals surface area contributed by atoms with Gasteiger partial charge in [-0.2, -0.15) is 0 Å². The molecule has 18 heavy (non-hydrogen) atoms. The van der Waals surface area contributed by atoms with Crippen LogP contribution < -0.4 is 10.2 Å².